The summed E-state index contributed by atoms with van der Waals surface area (Å²) in [6.45, 7) is 0. The van der Waals surface area contributed by atoms with Crippen LogP contribution < -0.4 is 0 Å². The fourth-order valence-corrected chi connectivity index (χ4v) is 9.55. The lowest BCUT2D eigenvalue weighted by Crippen LogP contribution is -2.28. The van der Waals surface area contributed by atoms with Gasteiger partial charge in [0, 0.05) is 22.3 Å². The standard InChI is InChI=1S/C56H38O/c1-4-15-38(16-5-1)39-27-31-41(32-28-39)54(42-33-29-40(30-34-42)46-23-14-24-49-48-22-11-13-26-53(48)57-55(46)49)43-35-36-52-50(37-43)47-21-10-12-25-51(47)56(52,44-17-6-2-7-18-44)45-19-8-3-9-20-45/h1-37,54H. The summed E-state index contributed by atoms with van der Waals surface area (Å²) in [7, 11) is 0. The zero-order valence-corrected chi connectivity index (χ0v) is 31.3. The summed E-state index contributed by atoms with van der Waals surface area (Å²) in [5.41, 5.74) is 17.6. The maximum Gasteiger partial charge on any atom is 0.143 e. The van der Waals surface area contributed by atoms with Gasteiger partial charge in [-0.05, 0) is 78.9 Å². The van der Waals surface area contributed by atoms with E-state index in [-0.39, 0.29) is 5.92 Å². The minimum atomic E-state index is -0.431. The first-order valence-corrected chi connectivity index (χ1v) is 19.8. The average molecular weight is 727 g/mol. The fourth-order valence-electron chi connectivity index (χ4n) is 9.55. The predicted octanol–water partition coefficient (Wildman–Crippen LogP) is 14.5. The summed E-state index contributed by atoms with van der Waals surface area (Å²) in [5.74, 6) is 0.00628. The molecular formula is C56H38O. The zero-order chi connectivity index (χ0) is 37.8. The Kier molecular flexibility index (Phi) is 7.86. The van der Waals surface area contributed by atoms with Gasteiger partial charge in [-0.2, -0.15) is 0 Å². The molecule has 0 aliphatic heterocycles. The largest absolute Gasteiger partial charge is 0.455 e. The van der Waals surface area contributed by atoms with Gasteiger partial charge in [0.15, 0.2) is 0 Å². The van der Waals surface area contributed by atoms with E-state index in [4.69, 9.17) is 4.42 Å². The van der Waals surface area contributed by atoms with Crippen LogP contribution in [0.3, 0.4) is 0 Å². The second-order valence-electron chi connectivity index (χ2n) is 15.2. The zero-order valence-electron chi connectivity index (χ0n) is 31.3. The first-order chi connectivity index (χ1) is 28.3. The lowest BCUT2D eigenvalue weighted by atomic mass is 9.67. The van der Waals surface area contributed by atoms with Crippen molar-refractivity contribution in [2.45, 2.75) is 11.3 Å². The third-order valence-electron chi connectivity index (χ3n) is 12.1. The molecule has 1 nitrogen and oxygen atoms in total. The van der Waals surface area contributed by atoms with Crippen molar-refractivity contribution in [2.24, 2.45) is 0 Å². The SMILES string of the molecule is c1ccc(-c2ccc(C(c3ccc(-c4cccc5c4oc4ccccc45)cc3)c3ccc4c(c3)-c3ccccc3C4(c3ccccc3)c3ccccc3)cc2)cc1. The molecule has 57 heavy (non-hydrogen) atoms. The number of fused-ring (bicyclic) bond motifs is 6. The Hall–Kier alpha value is -7.22. The molecule has 11 rings (SSSR count). The second kappa shape index (κ2) is 13.5. The van der Waals surface area contributed by atoms with E-state index >= 15 is 0 Å². The minimum Gasteiger partial charge on any atom is -0.455 e. The molecule has 10 aromatic rings. The van der Waals surface area contributed by atoms with E-state index in [1.165, 1.54) is 61.2 Å². The van der Waals surface area contributed by atoms with Crippen molar-refractivity contribution in [3.05, 3.63) is 263 Å². The highest BCUT2D eigenvalue weighted by atomic mass is 16.3. The topological polar surface area (TPSA) is 13.1 Å². The van der Waals surface area contributed by atoms with Crippen molar-refractivity contribution in [1.82, 2.24) is 0 Å². The highest BCUT2D eigenvalue weighted by Crippen LogP contribution is 2.56. The molecule has 1 atom stereocenters. The Morgan fingerprint density at radius 2 is 0.842 bits per heavy atom. The van der Waals surface area contributed by atoms with Crippen LogP contribution in [0.2, 0.25) is 0 Å². The van der Waals surface area contributed by atoms with Crippen molar-refractivity contribution in [2.75, 3.05) is 0 Å². The molecule has 0 bridgehead atoms. The van der Waals surface area contributed by atoms with Gasteiger partial charge >= 0.3 is 0 Å². The van der Waals surface area contributed by atoms with Crippen LogP contribution in [0.1, 0.15) is 44.9 Å². The summed E-state index contributed by atoms with van der Waals surface area (Å²) in [6.07, 6.45) is 0. The third-order valence-corrected chi connectivity index (χ3v) is 12.1. The van der Waals surface area contributed by atoms with Gasteiger partial charge in [-0.1, -0.05) is 212 Å². The Morgan fingerprint density at radius 3 is 1.54 bits per heavy atom. The van der Waals surface area contributed by atoms with Gasteiger partial charge in [0.1, 0.15) is 11.2 Å². The van der Waals surface area contributed by atoms with Gasteiger partial charge in [-0.25, -0.2) is 0 Å². The van der Waals surface area contributed by atoms with Crippen LogP contribution in [0, 0.1) is 0 Å². The van der Waals surface area contributed by atoms with Crippen LogP contribution in [0.5, 0.6) is 0 Å². The first-order valence-electron chi connectivity index (χ1n) is 19.8. The van der Waals surface area contributed by atoms with Gasteiger partial charge in [-0.15, -0.1) is 0 Å². The van der Waals surface area contributed by atoms with Crippen molar-refractivity contribution in [1.29, 1.82) is 0 Å². The van der Waals surface area contributed by atoms with Crippen molar-refractivity contribution >= 4 is 21.9 Å². The minimum absolute atomic E-state index is 0.00628. The number of para-hydroxylation sites is 2. The number of furan rings is 1. The first kappa shape index (κ1) is 33.1. The van der Waals surface area contributed by atoms with Crippen molar-refractivity contribution in [3.63, 3.8) is 0 Å². The van der Waals surface area contributed by atoms with Crippen LogP contribution in [0.25, 0.3) is 55.3 Å². The normalized spacial score (nSPS) is 13.3. The average Bonchev–Trinajstić information content (AvgIpc) is 3.82. The molecule has 0 radical (unpaired) electrons. The summed E-state index contributed by atoms with van der Waals surface area (Å²) < 4.78 is 6.45. The van der Waals surface area contributed by atoms with Crippen molar-refractivity contribution in [3.8, 4) is 33.4 Å². The van der Waals surface area contributed by atoms with Crippen LogP contribution in [0.15, 0.2) is 229 Å². The van der Waals surface area contributed by atoms with Crippen LogP contribution in [-0.2, 0) is 5.41 Å². The van der Waals surface area contributed by atoms with E-state index in [2.05, 4.69) is 218 Å². The lowest BCUT2D eigenvalue weighted by Gasteiger charge is -2.34. The summed E-state index contributed by atoms with van der Waals surface area (Å²) >= 11 is 0. The monoisotopic (exact) mass is 726 g/mol. The van der Waals surface area contributed by atoms with E-state index in [0.29, 0.717) is 0 Å². The molecule has 268 valence electrons. The van der Waals surface area contributed by atoms with Gasteiger partial charge in [0.25, 0.3) is 0 Å². The number of hydrogen-bond acceptors (Lipinski definition) is 1. The van der Waals surface area contributed by atoms with E-state index in [0.717, 1.165) is 33.1 Å². The molecular weight excluding hydrogens is 689 g/mol. The Morgan fingerprint density at radius 1 is 0.333 bits per heavy atom. The maximum atomic E-state index is 6.45. The highest BCUT2D eigenvalue weighted by Gasteiger charge is 2.46. The van der Waals surface area contributed by atoms with Crippen LogP contribution in [0.4, 0.5) is 0 Å². The Balaban J connectivity index is 1.08. The fraction of sp³-hybridized carbons (Fsp3) is 0.0357. The molecule has 0 fully saturated rings. The van der Waals surface area contributed by atoms with Crippen LogP contribution in [-0.4, -0.2) is 0 Å². The molecule has 1 aromatic heterocycles. The summed E-state index contributed by atoms with van der Waals surface area (Å²) in [4.78, 5) is 0. The Labute approximate surface area is 333 Å². The molecule has 0 amide bonds. The lowest BCUT2D eigenvalue weighted by molar-refractivity contribution is 0.670. The molecule has 0 spiro atoms. The smallest absolute Gasteiger partial charge is 0.143 e. The van der Waals surface area contributed by atoms with Gasteiger partial charge in [0.05, 0.1) is 5.41 Å². The number of rotatable bonds is 7. The molecule has 1 aliphatic rings. The summed E-state index contributed by atoms with van der Waals surface area (Å²) in [5, 5.41) is 2.29. The second-order valence-corrected chi connectivity index (χ2v) is 15.2. The molecule has 9 aromatic carbocycles. The number of hydrogen-bond donors (Lipinski definition) is 0. The highest BCUT2D eigenvalue weighted by molar-refractivity contribution is 6.09. The molecule has 1 heterocycles. The molecule has 0 saturated heterocycles. The molecule has 1 aliphatic carbocycles. The third kappa shape index (κ3) is 5.31. The molecule has 0 N–H and O–H groups in total. The number of benzene rings is 9. The van der Waals surface area contributed by atoms with Crippen molar-refractivity contribution < 1.29 is 4.42 Å². The van der Waals surface area contributed by atoms with Crippen LogP contribution >= 0.6 is 0 Å². The predicted molar refractivity (Wildman–Crippen MR) is 236 cm³/mol. The van der Waals surface area contributed by atoms with E-state index in [9.17, 15) is 0 Å². The molecule has 0 saturated carbocycles. The van der Waals surface area contributed by atoms with E-state index in [1.54, 1.807) is 0 Å². The van der Waals surface area contributed by atoms with Gasteiger partial charge < -0.3 is 4.42 Å². The summed E-state index contributed by atoms with van der Waals surface area (Å²) in [6, 6.07) is 82.1. The van der Waals surface area contributed by atoms with E-state index in [1.807, 2.05) is 6.07 Å². The Bertz CT molecular complexity index is 2990. The molecule has 1 heteroatoms. The van der Waals surface area contributed by atoms with Gasteiger partial charge in [0.2, 0.25) is 0 Å². The molecule has 1 unspecified atom stereocenters. The van der Waals surface area contributed by atoms with E-state index < -0.39 is 5.41 Å². The van der Waals surface area contributed by atoms with Gasteiger partial charge in [-0.3, -0.25) is 0 Å². The quantitative estimate of drug-likeness (QED) is 0.149. The maximum absolute atomic E-state index is 6.45.